The normalized spacial score (nSPS) is 14.4. The molecule has 0 aliphatic carbocycles. The zero-order valence-electron chi connectivity index (χ0n) is 9.71. The molecule has 2 atom stereocenters. The number of hydrogen-bond acceptors (Lipinski definition) is 2. The van der Waals surface area contributed by atoms with Crippen LogP contribution in [0.25, 0.3) is 0 Å². The summed E-state index contributed by atoms with van der Waals surface area (Å²) in [5, 5.41) is 12.0. The molecule has 5 heteroatoms. The second-order valence-corrected chi connectivity index (χ2v) is 4.33. The molecule has 94 valence electrons. The molecule has 0 saturated heterocycles. The molecule has 0 aliphatic rings. The van der Waals surface area contributed by atoms with Crippen LogP contribution >= 0.6 is 11.6 Å². The molecule has 0 radical (unpaired) electrons. The molecular formula is C12H15ClFNO2. The van der Waals surface area contributed by atoms with E-state index >= 15 is 0 Å². The van der Waals surface area contributed by atoms with E-state index in [0.717, 1.165) is 6.42 Å². The van der Waals surface area contributed by atoms with Crippen LogP contribution in [0.3, 0.4) is 0 Å². The molecule has 0 amide bonds. The second-order valence-electron chi connectivity index (χ2n) is 3.92. The van der Waals surface area contributed by atoms with Gasteiger partial charge in [-0.15, -0.1) is 0 Å². The predicted octanol–water partition coefficient (Wildman–Crippen LogP) is 2.99. The van der Waals surface area contributed by atoms with E-state index in [1.165, 1.54) is 18.2 Å². The van der Waals surface area contributed by atoms with Crippen LogP contribution in [0.2, 0.25) is 5.02 Å². The van der Waals surface area contributed by atoms with Crippen molar-refractivity contribution in [3.8, 4) is 0 Å². The highest BCUT2D eigenvalue weighted by Gasteiger charge is 2.21. The Kier molecular flexibility index (Phi) is 4.90. The second kappa shape index (κ2) is 5.98. The van der Waals surface area contributed by atoms with Gasteiger partial charge in [-0.1, -0.05) is 24.6 Å². The third-order valence-corrected chi connectivity index (χ3v) is 2.88. The number of carboxylic acid groups (broad SMARTS) is 1. The minimum absolute atomic E-state index is 0.0555. The summed E-state index contributed by atoms with van der Waals surface area (Å²) in [7, 11) is 0. The standard InChI is InChI=1S/C12H15ClFNO2/c1-3-7(2)15-11(12(16)17)8-4-5-10(14)9(13)6-8/h4-7,11,15H,3H2,1-2H3,(H,16,17). The van der Waals surface area contributed by atoms with E-state index in [1.807, 2.05) is 13.8 Å². The Labute approximate surface area is 105 Å². The summed E-state index contributed by atoms with van der Waals surface area (Å²) in [4.78, 5) is 11.1. The van der Waals surface area contributed by atoms with Crippen LogP contribution in [0.5, 0.6) is 0 Å². The van der Waals surface area contributed by atoms with Crippen LogP contribution in [-0.2, 0) is 4.79 Å². The molecule has 0 aromatic heterocycles. The van der Waals surface area contributed by atoms with Crippen molar-refractivity contribution in [2.75, 3.05) is 0 Å². The van der Waals surface area contributed by atoms with Crippen molar-refractivity contribution in [1.82, 2.24) is 5.32 Å². The molecular weight excluding hydrogens is 245 g/mol. The van der Waals surface area contributed by atoms with Crippen LogP contribution in [0.15, 0.2) is 18.2 Å². The molecule has 2 N–H and O–H groups in total. The van der Waals surface area contributed by atoms with Crippen molar-refractivity contribution in [3.63, 3.8) is 0 Å². The molecule has 0 bridgehead atoms. The number of nitrogens with one attached hydrogen (secondary N) is 1. The fraction of sp³-hybridized carbons (Fsp3) is 0.417. The molecule has 0 saturated carbocycles. The third-order valence-electron chi connectivity index (χ3n) is 2.59. The Morgan fingerprint density at radius 1 is 1.59 bits per heavy atom. The van der Waals surface area contributed by atoms with Crippen molar-refractivity contribution in [2.45, 2.75) is 32.4 Å². The molecule has 0 fully saturated rings. The summed E-state index contributed by atoms with van der Waals surface area (Å²) in [6, 6.07) is 3.12. The zero-order valence-corrected chi connectivity index (χ0v) is 10.5. The van der Waals surface area contributed by atoms with E-state index < -0.39 is 17.8 Å². The molecule has 0 spiro atoms. The van der Waals surface area contributed by atoms with E-state index in [2.05, 4.69) is 5.32 Å². The highest BCUT2D eigenvalue weighted by Crippen LogP contribution is 2.21. The topological polar surface area (TPSA) is 49.3 Å². The number of carbonyl (C=O) groups is 1. The van der Waals surface area contributed by atoms with Crippen molar-refractivity contribution in [1.29, 1.82) is 0 Å². The van der Waals surface area contributed by atoms with Gasteiger partial charge in [0.1, 0.15) is 11.9 Å². The summed E-state index contributed by atoms with van der Waals surface area (Å²) in [6.07, 6.45) is 0.804. The molecule has 17 heavy (non-hydrogen) atoms. The fourth-order valence-electron chi connectivity index (χ4n) is 1.40. The maximum absolute atomic E-state index is 13.0. The van der Waals surface area contributed by atoms with Gasteiger partial charge < -0.3 is 5.11 Å². The number of aliphatic carboxylic acids is 1. The van der Waals surface area contributed by atoms with Crippen LogP contribution in [0.1, 0.15) is 31.9 Å². The quantitative estimate of drug-likeness (QED) is 0.855. The molecule has 2 unspecified atom stereocenters. The minimum atomic E-state index is -1.01. The number of halogens is 2. The van der Waals surface area contributed by atoms with Crippen molar-refractivity contribution in [2.24, 2.45) is 0 Å². The van der Waals surface area contributed by atoms with Gasteiger partial charge in [0.2, 0.25) is 0 Å². The predicted molar refractivity (Wildman–Crippen MR) is 64.7 cm³/mol. The Morgan fingerprint density at radius 2 is 2.24 bits per heavy atom. The Morgan fingerprint density at radius 3 is 2.71 bits per heavy atom. The van der Waals surface area contributed by atoms with Gasteiger partial charge in [-0.2, -0.15) is 0 Å². The third kappa shape index (κ3) is 3.68. The molecule has 0 heterocycles. The average molecular weight is 260 g/mol. The molecule has 1 aromatic carbocycles. The van der Waals surface area contributed by atoms with Gasteiger partial charge in [-0.3, -0.25) is 10.1 Å². The fourth-order valence-corrected chi connectivity index (χ4v) is 1.59. The molecule has 1 aromatic rings. The summed E-state index contributed by atoms with van der Waals surface area (Å²) < 4.78 is 13.0. The first kappa shape index (κ1) is 13.9. The zero-order chi connectivity index (χ0) is 13.0. The Hall–Kier alpha value is -1.13. The molecule has 1 rings (SSSR count). The van der Waals surface area contributed by atoms with Gasteiger partial charge in [0.05, 0.1) is 5.02 Å². The molecule has 0 aliphatic heterocycles. The Balaban J connectivity index is 2.97. The number of benzene rings is 1. The lowest BCUT2D eigenvalue weighted by molar-refractivity contribution is -0.139. The van der Waals surface area contributed by atoms with Crippen molar-refractivity contribution >= 4 is 17.6 Å². The van der Waals surface area contributed by atoms with E-state index in [0.29, 0.717) is 5.56 Å². The summed E-state index contributed by atoms with van der Waals surface area (Å²) >= 11 is 5.64. The van der Waals surface area contributed by atoms with Gasteiger partial charge in [0.15, 0.2) is 0 Å². The first-order valence-corrected chi connectivity index (χ1v) is 5.77. The first-order chi connectivity index (χ1) is 7.95. The highest BCUT2D eigenvalue weighted by atomic mass is 35.5. The van der Waals surface area contributed by atoms with Crippen LogP contribution in [0.4, 0.5) is 4.39 Å². The van der Waals surface area contributed by atoms with E-state index in [4.69, 9.17) is 16.7 Å². The van der Waals surface area contributed by atoms with Gasteiger partial charge in [0, 0.05) is 6.04 Å². The summed E-state index contributed by atoms with van der Waals surface area (Å²) in [5.41, 5.74) is 0.448. The van der Waals surface area contributed by atoms with Gasteiger partial charge >= 0.3 is 5.97 Å². The van der Waals surface area contributed by atoms with Crippen LogP contribution < -0.4 is 5.32 Å². The van der Waals surface area contributed by atoms with Crippen molar-refractivity contribution < 1.29 is 14.3 Å². The van der Waals surface area contributed by atoms with Crippen molar-refractivity contribution in [3.05, 3.63) is 34.6 Å². The average Bonchev–Trinajstić information content (AvgIpc) is 2.29. The van der Waals surface area contributed by atoms with Gasteiger partial charge in [-0.25, -0.2) is 4.39 Å². The maximum atomic E-state index is 13.0. The minimum Gasteiger partial charge on any atom is -0.480 e. The monoisotopic (exact) mass is 259 g/mol. The largest absolute Gasteiger partial charge is 0.480 e. The number of carboxylic acids is 1. The highest BCUT2D eigenvalue weighted by molar-refractivity contribution is 6.30. The van der Waals surface area contributed by atoms with Crippen LogP contribution in [-0.4, -0.2) is 17.1 Å². The SMILES string of the molecule is CCC(C)NC(C(=O)O)c1ccc(F)c(Cl)c1. The summed E-state index contributed by atoms with van der Waals surface area (Å²) in [6.45, 7) is 3.84. The smallest absolute Gasteiger partial charge is 0.325 e. The molecule has 3 nitrogen and oxygen atoms in total. The lowest BCUT2D eigenvalue weighted by Crippen LogP contribution is -2.34. The number of rotatable bonds is 5. The summed E-state index contributed by atoms with van der Waals surface area (Å²) in [5.74, 6) is -1.56. The number of hydrogen-bond donors (Lipinski definition) is 2. The lowest BCUT2D eigenvalue weighted by atomic mass is 10.1. The maximum Gasteiger partial charge on any atom is 0.325 e. The van der Waals surface area contributed by atoms with E-state index in [9.17, 15) is 9.18 Å². The van der Waals surface area contributed by atoms with Gasteiger partial charge in [0.25, 0.3) is 0 Å². The van der Waals surface area contributed by atoms with Gasteiger partial charge in [-0.05, 0) is 31.0 Å². The van der Waals surface area contributed by atoms with Crippen LogP contribution in [0, 0.1) is 5.82 Å². The Bertz CT molecular complexity index is 411. The van der Waals surface area contributed by atoms with E-state index in [1.54, 1.807) is 0 Å². The lowest BCUT2D eigenvalue weighted by Gasteiger charge is -2.19. The first-order valence-electron chi connectivity index (χ1n) is 5.39. The van der Waals surface area contributed by atoms with E-state index in [-0.39, 0.29) is 11.1 Å².